The molecule has 3 rings (SSSR count). The molecule has 1 saturated carbocycles. The Morgan fingerprint density at radius 3 is 2.41 bits per heavy atom. The smallest absolute Gasteiger partial charge is 0.317 e. The number of hydrogen-bond donors (Lipinski definition) is 2. The minimum Gasteiger partial charge on any atom is -0.480 e. The molecule has 1 aromatic carbocycles. The summed E-state index contributed by atoms with van der Waals surface area (Å²) in [7, 11) is 0. The third kappa shape index (κ3) is 4.87. The van der Waals surface area contributed by atoms with Crippen molar-refractivity contribution >= 4 is 11.9 Å². The molecule has 1 aliphatic heterocycles. The zero-order valence-electron chi connectivity index (χ0n) is 16.2. The van der Waals surface area contributed by atoms with Crippen molar-refractivity contribution in [3.05, 3.63) is 35.9 Å². The number of aliphatic carboxylic acids is 1. The monoisotopic (exact) mass is 373 g/mol. The van der Waals surface area contributed by atoms with Gasteiger partial charge in [-0.3, -0.25) is 19.4 Å². The standard InChI is InChI=1S/C21H31N3O3/c1-2-24(16-20(26)27)18-9-13-23(14-10-18)15-19(25)22-21(11-6-12-21)17-7-4-3-5-8-17/h3-5,7-8,18H,2,6,9-16H2,1H3,(H,22,25)(H,26,27). The van der Waals surface area contributed by atoms with Crippen LogP contribution in [0, 0.1) is 0 Å². The number of carbonyl (C=O) groups excluding carboxylic acids is 1. The van der Waals surface area contributed by atoms with Gasteiger partial charge < -0.3 is 10.4 Å². The number of benzene rings is 1. The summed E-state index contributed by atoms with van der Waals surface area (Å²) < 4.78 is 0. The quantitative estimate of drug-likeness (QED) is 0.730. The fourth-order valence-corrected chi connectivity index (χ4v) is 4.40. The first-order valence-electron chi connectivity index (χ1n) is 10.1. The van der Waals surface area contributed by atoms with Crippen LogP contribution in [0.2, 0.25) is 0 Å². The molecule has 1 saturated heterocycles. The van der Waals surface area contributed by atoms with Crippen molar-refractivity contribution in [2.45, 2.75) is 50.6 Å². The number of rotatable bonds is 8. The molecule has 0 unspecified atom stereocenters. The SMILES string of the molecule is CCN(CC(=O)O)C1CCN(CC(=O)NC2(c3ccccc3)CCC2)CC1. The molecule has 0 bridgehead atoms. The van der Waals surface area contributed by atoms with Crippen molar-refractivity contribution in [3.63, 3.8) is 0 Å². The van der Waals surface area contributed by atoms with Gasteiger partial charge in [0, 0.05) is 19.1 Å². The zero-order valence-corrected chi connectivity index (χ0v) is 16.2. The third-order valence-electron chi connectivity index (χ3n) is 6.10. The summed E-state index contributed by atoms with van der Waals surface area (Å²) in [4.78, 5) is 27.9. The van der Waals surface area contributed by atoms with E-state index < -0.39 is 5.97 Å². The van der Waals surface area contributed by atoms with E-state index in [-0.39, 0.29) is 18.0 Å². The molecule has 0 atom stereocenters. The molecule has 148 valence electrons. The first-order chi connectivity index (χ1) is 13.0. The first-order valence-corrected chi connectivity index (χ1v) is 10.1. The maximum absolute atomic E-state index is 12.7. The highest BCUT2D eigenvalue weighted by Gasteiger charge is 2.40. The lowest BCUT2D eigenvalue weighted by Gasteiger charge is -2.44. The predicted octanol–water partition coefficient (Wildman–Crippen LogP) is 2.05. The van der Waals surface area contributed by atoms with Gasteiger partial charge in [-0.15, -0.1) is 0 Å². The number of carboxylic acids is 1. The van der Waals surface area contributed by atoms with E-state index in [2.05, 4.69) is 22.3 Å². The number of carboxylic acid groups (broad SMARTS) is 1. The van der Waals surface area contributed by atoms with E-state index in [0.717, 1.165) is 51.7 Å². The summed E-state index contributed by atoms with van der Waals surface area (Å²) in [6.45, 7) is 4.95. The minimum atomic E-state index is -0.773. The van der Waals surface area contributed by atoms with Crippen molar-refractivity contribution < 1.29 is 14.7 Å². The normalized spacial score (nSPS) is 20.2. The molecule has 2 fully saturated rings. The van der Waals surface area contributed by atoms with Crippen molar-refractivity contribution in [2.24, 2.45) is 0 Å². The molecular formula is C21H31N3O3. The summed E-state index contributed by atoms with van der Waals surface area (Å²) >= 11 is 0. The average Bonchev–Trinajstić information content (AvgIpc) is 2.64. The Labute approximate surface area is 161 Å². The van der Waals surface area contributed by atoms with Gasteiger partial charge in [0.2, 0.25) is 5.91 Å². The van der Waals surface area contributed by atoms with Crippen molar-refractivity contribution in [2.75, 3.05) is 32.7 Å². The van der Waals surface area contributed by atoms with E-state index in [1.54, 1.807) is 0 Å². The Hall–Kier alpha value is -1.92. The van der Waals surface area contributed by atoms with Gasteiger partial charge in [-0.05, 0) is 44.2 Å². The Morgan fingerprint density at radius 1 is 1.22 bits per heavy atom. The number of hydrogen-bond acceptors (Lipinski definition) is 4. The third-order valence-corrected chi connectivity index (χ3v) is 6.10. The van der Waals surface area contributed by atoms with Gasteiger partial charge in [-0.25, -0.2) is 0 Å². The molecule has 1 aliphatic carbocycles. The molecule has 2 N–H and O–H groups in total. The van der Waals surface area contributed by atoms with E-state index in [1.165, 1.54) is 5.56 Å². The molecule has 0 radical (unpaired) electrons. The first kappa shape index (κ1) is 19.8. The molecule has 0 spiro atoms. The Kier molecular flexibility index (Phi) is 6.50. The van der Waals surface area contributed by atoms with E-state index in [9.17, 15) is 9.59 Å². The number of likely N-dealkylation sites (tertiary alicyclic amines) is 1. The predicted molar refractivity (Wildman–Crippen MR) is 104 cm³/mol. The largest absolute Gasteiger partial charge is 0.480 e. The minimum absolute atomic E-state index is 0.0925. The van der Waals surface area contributed by atoms with Gasteiger partial charge in [0.25, 0.3) is 0 Å². The molecule has 1 amide bonds. The molecule has 1 heterocycles. The lowest BCUT2D eigenvalue weighted by molar-refractivity contribution is -0.139. The fourth-order valence-electron chi connectivity index (χ4n) is 4.40. The zero-order chi connectivity index (χ0) is 19.3. The van der Waals surface area contributed by atoms with Gasteiger partial charge in [-0.1, -0.05) is 37.3 Å². The van der Waals surface area contributed by atoms with E-state index in [1.807, 2.05) is 30.0 Å². The van der Waals surface area contributed by atoms with E-state index in [0.29, 0.717) is 12.6 Å². The van der Waals surface area contributed by atoms with E-state index in [4.69, 9.17) is 5.11 Å². The van der Waals surface area contributed by atoms with E-state index >= 15 is 0 Å². The summed E-state index contributed by atoms with van der Waals surface area (Å²) in [5, 5.41) is 12.3. The van der Waals surface area contributed by atoms with Gasteiger partial charge in [0.1, 0.15) is 0 Å². The molecule has 0 aromatic heterocycles. The number of piperidine rings is 1. The molecule has 27 heavy (non-hydrogen) atoms. The molecule has 1 aromatic rings. The summed E-state index contributed by atoms with van der Waals surface area (Å²) in [6, 6.07) is 10.6. The van der Waals surface area contributed by atoms with Crippen LogP contribution < -0.4 is 5.32 Å². The topological polar surface area (TPSA) is 72.9 Å². The maximum Gasteiger partial charge on any atom is 0.317 e. The van der Waals surface area contributed by atoms with Crippen molar-refractivity contribution in [1.29, 1.82) is 0 Å². The second-order valence-electron chi connectivity index (χ2n) is 7.81. The number of likely N-dealkylation sites (N-methyl/N-ethyl adjacent to an activating group) is 1. The lowest BCUT2D eigenvalue weighted by Crippen LogP contribution is -2.54. The second kappa shape index (κ2) is 8.85. The van der Waals surface area contributed by atoms with Crippen LogP contribution in [-0.2, 0) is 15.1 Å². The number of carbonyl (C=O) groups is 2. The van der Waals surface area contributed by atoms with Crippen LogP contribution in [-0.4, -0.2) is 65.5 Å². The molecule has 2 aliphatic rings. The van der Waals surface area contributed by atoms with Crippen LogP contribution >= 0.6 is 0 Å². The Bertz CT molecular complexity index is 637. The highest BCUT2D eigenvalue weighted by atomic mass is 16.4. The lowest BCUT2D eigenvalue weighted by atomic mass is 9.72. The van der Waals surface area contributed by atoms with Crippen LogP contribution in [0.15, 0.2) is 30.3 Å². The van der Waals surface area contributed by atoms with Crippen LogP contribution in [0.4, 0.5) is 0 Å². The molecule has 6 heteroatoms. The summed E-state index contributed by atoms with van der Waals surface area (Å²) in [6.07, 6.45) is 4.99. The summed E-state index contributed by atoms with van der Waals surface area (Å²) in [5.41, 5.74) is 1.02. The highest BCUT2D eigenvalue weighted by Crippen LogP contribution is 2.41. The van der Waals surface area contributed by atoms with Crippen molar-refractivity contribution in [3.8, 4) is 0 Å². The second-order valence-corrected chi connectivity index (χ2v) is 7.81. The molecular weight excluding hydrogens is 342 g/mol. The average molecular weight is 373 g/mol. The van der Waals surface area contributed by atoms with Gasteiger partial charge in [0.15, 0.2) is 0 Å². The van der Waals surface area contributed by atoms with Gasteiger partial charge in [-0.2, -0.15) is 0 Å². The van der Waals surface area contributed by atoms with Gasteiger partial charge >= 0.3 is 5.97 Å². The van der Waals surface area contributed by atoms with Crippen LogP contribution in [0.5, 0.6) is 0 Å². The van der Waals surface area contributed by atoms with Crippen LogP contribution in [0.25, 0.3) is 0 Å². The highest BCUT2D eigenvalue weighted by molar-refractivity contribution is 5.79. The number of nitrogens with zero attached hydrogens (tertiary/aromatic N) is 2. The Morgan fingerprint density at radius 2 is 1.89 bits per heavy atom. The van der Waals surface area contributed by atoms with Gasteiger partial charge in [0.05, 0.1) is 18.6 Å². The number of nitrogens with one attached hydrogen (secondary N) is 1. The fraction of sp³-hybridized carbons (Fsp3) is 0.619. The molecule has 6 nitrogen and oxygen atoms in total. The van der Waals surface area contributed by atoms with Crippen LogP contribution in [0.1, 0.15) is 44.6 Å². The van der Waals surface area contributed by atoms with Crippen LogP contribution in [0.3, 0.4) is 0 Å². The summed E-state index contributed by atoms with van der Waals surface area (Å²) in [5.74, 6) is -0.680. The maximum atomic E-state index is 12.7. The number of amides is 1. The van der Waals surface area contributed by atoms with Crippen molar-refractivity contribution in [1.82, 2.24) is 15.1 Å². The Balaban J connectivity index is 1.49.